The summed E-state index contributed by atoms with van der Waals surface area (Å²) in [6.45, 7) is 0. The first kappa shape index (κ1) is 13.1. The molecule has 0 aromatic heterocycles. The second-order valence-corrected chi connectivity index (χ2v) is 4.77. The number of halogens is 2. The fourth-order valence-electron chi connectivity index (χ4n) is 1.32. The van der Waals surface area contributed by atoms with Crippen LogP contribution in [-0.2, 0) is 9.59 Å². The lowest BCUT2D eigenvalue weighted by Crippen LogP contribution is -2.21. The van der Waals surface area contributed by atoms with E-state index in [1.807, 2.05) is 12.1 Å². The molecule has 4 nitrogen and oxygen atoms in total. The lowest BCUT2D eigenvalue weighted by molar-refractivity contribution is -0.123. The molecule has 6 heteroatoms. The summed E-state index contributed by atoms with van der Waals surface area (Å²) in [4.78, 5) is 22.4. The van der Waals surface area contributed by atoms with Crippen molar-refractivity contribution in [3.63, 3.8) is 0 Å². The molecule has 2 amide bonds. The normalized spacial score (nSPS) is 14.2. The van der Waals surface area contributed by atoms with Crippen LogP contribution in [0.5, 0.6) is 0 Å². The minimum Gasteiger partial charge on any atom is -0.344 e. The number of amides is 2. The van der Waals surface area contributed by atoms with Gasteiger partial charge in [-0.2, -0.15) is 0 Å². The smallest absolute Gasteiger partial charge is 0.258 e. The highest BCUT2D eigenvalue weighted by Gasteiger charge is 2.23. The molecule has 1 aliphatic heterocycles. The molecule has 0 unspecified atom stereocenters. The molecule has 16 heavy (non-hydrogen) atoms. The van der Waals surface area contributed by atoms with E-state index in [0.717, 1.165) is 8.95 Å². The van der Waals surface area contributed by atoms with Gasteiger partial charge in [0.2, 0.25) is 0 Å². The largest absolute Gasteiger partial charge is 0.344 e. The zero-order chi connectivity index (χ0) is 11.0. The van der Waals surface area contributed by atoms with E-state index in [4.69, 9.17) is 0 Å². The summed E-state index contributed by atoms with van der Waals surface area (Å²) in [7, 11) is 0. The molecule has 1 heterocycles. The Hall–Kier alpha value is -0.980. The summed E-state index contributed by atoms with van der Waals surface area (Å²) in [5.41, 5.74) is 1.10. The monoisotopic (exact) mass is 346 g/mol. The van der Waals surface area contributed by atoms with Crippen molar-refractivity contribution in [1.82, 2.24) is 11.5 Å². The molecule has 0 radical (unpaired) electrons. The molecule has 1 aliphatic rings. The van der Waals surface area contributed by atoms with E-state index >= 15 is 0 Å². The van der Waals surface area contributed by atoms with Gasteiger partial charge in [0.05, 0.1) is 5.57 Å². The Morgan fingerprint density at radius 3 is 2.31 bits per heavy atom. The predicted molar refractivity (Wildman–Crippen MR) is 68.0 cm³/mol. The summed E-state index contributed by atoms with van der Waals surface area (Å²) in [6, 6.07) is 5.42. The molecular weight excluding hydrogens is 340 g/mol. The fourth-order valence-corrected chi connectivity index (χ4v) is 2.58. The highest BCUT2D eigenvalue weighted by Crippen LogP contribution is 2.28. The fraction of sp³-hybridized carbons (Fsp3) is 0. The Kier molecular flexibility index (Phi) is 4.01. The summed E-state index contributed by atoms with van der Waals surface area (Å²) < 4.78 is 1.68. The van der Waals surface area contributed by atoms with E-state index in [1.54, 1.807) is 6.07 Å². The number of nitrogens with one attached hydrogen (secondary N) is 1. The maximum Gasteiger partial charge on any atom is 0.258 e. The molecule has 1 aromatic rings. The molecule has 0 fully saturated rings. The van der Waals surface area contributed by atoms with Gasteiger partial charge in [-0.3, -0.25) is 14.9 Å². The lowest BCUT2D eigenvalue weighted by Gasteiger charge is -2.03. The van der Waals surface area contributed by atoms with Crippen molar-refractivity contribution < 1.29 is 9.59 Å². The predicted octanol–water partition coefficient (Wildman–Crippen LogP) is 2.41. The van der Waals surface area contributed by atoms with Crippen molar-refractivity contribution in [3.05, 3.63) is 38.8 Å². The van der Waals surface area contributed by atoms with Crippen LogP contribution in [0.3, 0.4) is 0 Å². The van der Waals surface area contributed by atoms with Crippen LogP contribution in [0, 0.1) is 0 Å². The van der Waals surface area contributed by atoms with Crippen LogP contribution in [0.25, 0.3) is 5.57 Å². The van der Waals surface area contributed by atoms with E-state index in [-0.39, 0.29) is 18.0 Å². The highest BCUT2D eigenvalue weighted by molar-refractivity contribution is 9.11. The van der Waals surface area contributed by atoms with Crippen LogP contribution in [0.1, 0.15) is 5.56 Å². The van der Waals surface area contributed by atoms with Gasteiger partial charge >= 0.3 is 0 Å². The van der Waals surface area contributed by atoms with E-state index < -0.39 is 0 Å². The van der Waals surface area contributed by atoms with Gasteiger partial charge in [-0.05, 0) is 12.1 Å². The van der Waals surface area contributed by atoms with Crippen LogP contribution in [-0.4, -0.2) is 11.8 Å². The lowest BCUT2D eigenvalue weighted by atomic mass is 10.1. The van der Waals surface area contributed by atoms with Crippen molar-refractivity contribution in [2.24, 2.45) is 0 Å². The molecule has 84 valence electrons. The molecule has 1 aromatic carbocycles. The number of imide groups is 1. The Morgan fingerprint density at radius 1 is 1.12 bits per heavy atom. The number of carbonyl (C=O) groups is 2. The molecular formula is C10H8Br2N2O2. The number of rotatable bonds is 1. The SMILES string of the molecule is N.O=C1C=C(c2ccc(Br)cc2Br)C(=O)N1. The van der Waals surface area contributed by atoms with Gasteiger partial charge in [0.1, 0.15) is 0 Å². The maximum absolute atomic E-state index is 11.4. The van der Waals surface area contributed by atoms with Crippen LogP contribution in [0.15, 0.2) is 33.2 Å². The van der Waals surface area contributed by atoms with Crippen molar-refractivity contribution in [2.75, 3.05) is 0 Å². The third kappa shape index (κ3) is 2.40. The molecule has 0 saturated carbocycles. The Labute approximate surface area is 109 Å². The standard InChI is InChI=1S/C10H5Br2NO2.H3N/c11-5-1-2-6(8(12)3-5)7-4-9(14)13-10(7)15;/h1-4H,(H,13,14,15);1H3. The summed E-state index contributed by atoms with van der Waals surface area (Å²) in [5, 5.41) is 2.20. The van der Waals surface area contributed by atoms with Crippen LogP contribution >= 0.6 is 31.9 Å². The number of hydrogen-bond donors (Lipinski definition) is 2. The van der Waals surface area contributed by atoms with Crippen molar-refractivity contribution >= 4 is 49.2 Å². The molecule has 0 bridgehead atoms. The van der Waals surface area contributed by atoms with Crippen LogP contribution in [0.4, 0.5) is 0 Å². The van der Waals surface area contributed by atoms with Crippen molar-refractivity contribution in [3.8, 4) is 0 Å². The summed E-state index contributed by atoms with van der Waals surface area (Å²) >= 11 is 6.66. The minimum atomic E-state index is -0.371. The molecule has 0 aliphatic carbocycles. The maximum atomic E-state index is 11.4. The zero-order valence-electron chi connectivity index (χ0n) is 8.09. The second kappa shape index (κ2) is 4.90. The van der Waals surface area contributed by atoms with Gasteiger partial charge in [-0.15, -0.1) is 0 Å². The van der Waals surface area contributed by atoms with Gasteiger partial charge in [-0.1, -0.05) is 37.9 Å². The molecule has 0 saturated heterocycles. The van der Waals surface area contributed by atoms with E-state index in [1.165, 1.54) is 6.08 Å². The van der Waals surface area contributed by atoms with Gasteiger partial charge in [-0.25, -0.2) is 0 Å². The van der Waals surface area contributed by atoms with E-state index in [0.29, 0.717) is 11.1 Å². The number of hydrogen-bond acceptors (Lipinski definition) is 3. The Balaban J connectivity index is 0.00000128. The first-order valence-corrected chi connectivity index (χ1v) is 5.69. The van der Waals surface area contributed by atoms with Gasteiger partial charge < -0.3 is 6.15 Å². The summed E-state index contributed by atoms with van der Waals surface area (Å²) in [5.74, 6) is -0.729. The van der Waals surface area contributed by atoms with Gasteiger partial charge in [0.25, 0.3) is 11.8 Å². The van der Waals surface area contributed by atoms with Crippen molar-refractivity contribution in [2.45, 2.75) is 0 Å². The molecule has 0 atom stereocenters. The first-order valence-electron chi connectivity index (χ1n) is 4.10. The van der Waals surface area contributed by atoms with E-state index in [9.17, 15) is 9.59 Å². The van der Waals surface area contributed by atoms with Crippen LogP contribution in [0.2, 0.25) is 0 Å². The Morgan fingerprint density at radius 2 is 1.81 bits per heavy atom. The van der Waals surface area contributed by atoms with Crippen LogP contribution < -0.4 is 11.5 Å². The molecule has 4 N–H and O–H groups in total. The Bertz CT molecular complexity index is 498. The van der Waals surface area contributed by atoms with Gasteiger partial charge in [0.15, 0.2) is 0 Å². The molecule has 2 rings (SSSR count). The number of carbonyl (C=O) groups excluding carboxylic acids is 2. The highest BCUT2D eigenvalue weighted by atomic mass is 79.9. The molecule has 0 spiro atoms. The third-order valence-electron chi connectivity index (χ3n) is 1.98. The first-order chi connectivity index (χ1) is 7.08. The quantitative estimate of drug-likeness (QED) is 0.765. The van der Waals surface area contributed by atoms with E-state index in [2.05, 4.69) is 37.2 Å². The average Bonchev–Trinajstić information content (AvgIpc) is 2.45. The van der Waals surface area contributed by atoms with Crippen molar-refractivity contribution in [1.29, 1.82) is 0 Å². The second-order valence-electron chi connectivity index (χ2n) is 3.00. The zero-order valence-corrected chi connectivity index (χ0v) is 11.3. The summed E-state index contributed by atoms with van der Waals surface area (Å²) in [6.07, 6.45) is 1.30. The number of benzene rings is 1. The third-order valence-corrected chi connectivity index (χ3v) is 3.13. The topological polar surface area (TPSA) is 81.2 Å². The van der Waals surface area contributed by atoms with Gasteiger partial charge in [0, 0.05) is 20.6 Å². The average molecular weight is 348 g/mol. The minimum absolute atomic E-state index is 0.